The van der Waals surface area contributed by atoms with Gasteiger partial charge in [0, 0.05) is 12.1 Å². The second-order valence-electron chi connectivity index (χ2n) is 8.98. The zero-order valence-electron chi connectivity index (χ0n) is 20.3. The molecule has 0 saturated heterocycles. The van der Waals surface area contributed by atoms with Gasteiger partial charge in [-0.15, -0.1) is 0 Å². The summed E-state index contributed by atoms with van der Waals surface area (Å²) in [5.41, 5.74) is 2.15. The second-order valence-corrected chi connectivity index (χ2v) is 8.98. The minimum absolute atomic E-state index is 0.142. The lowest BCUT2D eigenvalue weighted by molar-refractivity contribution is 0.406. The van der Waals surface area contributed by atoms with Gasteiger partial charge in [-0.25, -0.2) is 0 Å². The van der Waals surface area contributed by atoms with Crippen LogP contribution in [0.4, 0.5) is 0 Å². The maximum absolute atomic E-state index is 9.70. The Morgan fingerprint density at radius 3 is 1.48 bits per heavy atom. The molecule has 0 atom stereocenters. The molecule has 0 aromatic heterocycles. The summed E-state index contributed by atoms with van der Waals surface area (Å²) in [7, 11) is 1.63. The molecule has 4 heteroatoms. The summed E-state index contributed by atoms with van der Waals surface area (Å²) in [6, 6.07) is 10.3. The van der Waals surface area contributed by atoms with Crippen LogP contribution in [0.2, 0.25) is 0 Å². The molecule has 0 spiro atoms. The topological polar surface area (TPSA) is 69.9 Å². The lowest BCUT2D eigenvalue weighted by Crippen LogP contribution is -1.89. The van der Waals surface area contributed by atoms with Crippen LogP contribution in [0.1, 0.15) is 88.2 Å². The molecule has 0 bridgehead atoms. The van der Waals surface area contributed by atoms with E-state index in [0.717, 1.165) is 42.6 Å². The normalized spacial score (nSPS) is 11.3. The van der Waals surface area contributed by atoms with Crippen molar-refractivity contribution >= 4 is 0 Å². The van der Waals surface area contributed by atoms with Gasteiger partial charge in [0.15, 0.2) is 0 Å². The van der Waals surface area contributed by atoms with Crippen molar-refractivity contribution in [1.82, 2.24) is 0 Å². The van der Waals surface area contributed by atoms with Crippen molar-refractivity contribution in [1.29, 1.82) is 0 Å². The first-order valence-electron chi connectivity index (χ1n) is 12.6. The van der Waals surface area contributed by atoms with Crippen molar-refractivity contribution in [2.24, 2.45) is 0 Å². The average Bonchev–Trinajstić information content (AvgIpc) is 2.77. The monoisotopic (exact) mass is 454 g/mol. The number of allylic oxidation sites excluding steroid dienone is 2. The number of rotatable bonds is 17. The minimum Gasteiger partial charge on any atom is -0.508 e. The third-order valence-corrected chi connectivity index (χ3v) is 5.99. The van der Waals surface area contributed by atoms with E-state index >= 15 is 0 Å². The Labute approximate surface area is 199 Å². The fourth-order valence-electron chi connectivity index (χ4n) is 4.19. The molecule has 0 aliphatic carbocycles. The van der Waals surface area contributed by atoms with Gasteiger partial charge in [-0.1, -0.05) is 50.7 Å². The summed E-state index contributed by atoms with van der Waals surface area (Å²) in [4.78, 5) is 0. The number of hydrogen-bond acceptors (Lipinski definition) is 4. The molecule has 2 aromatic carbocycles. The lowest BCUT2D eigenvalue weighted by Gasteiger charge is -2.06. The standard InChI is InChI=1S/C29H42O4/c1-33-29-21-25(20-28(32)23-29)17-15-13-11-9-7-5-3-2-4-6-8-10-12-14-16-24-18-26(30)22-27(31)19-24/h2-3,18-23,30-32H,4-17H2,1H3/b3-2-. The van der Waals surface area contributed by atoms with Gasteiger partial charge in [-0.2, -0.15) is 0 Å². The van der Waals surface area contributed by atoms with Crippen molar-refractivity contribution < 1.29 is 20.1 Å². The van der Waals surface area contributed by atoms with Crippen LogP contribution in [0, 0.1) is 0 Å². The first kappa shape index (κ1) is 26.6. The highest BCUT2D eigenvalue weighted by molar-refractivity contribution is 5.38. The highest BCUT2D eigenvalue weighted by atomic mass is 16.5. The number of phenols is 3. The Kier molecular flexibility index (Phi) is 13.0. The number of phenolic OH excluding ortho intramolecular Hbond substituents is 3. The van der Waals surface area contributed by atoms with E-state index in [1.807, 2.05) is 12.1 Å². The van der Waals surface area contributed by atoms with Gasteiger partial charge in [0.25, 0.3) is 0 Å². The molecule has 0 aliphatic heterocycles. The van der Waals surface area contributed by atoms with Gasteiger partial charge in [0.1, 0.15) is 23.0 Å². The molecule has 2 rings (SSSR count). The Balaban J connectivity index is 1.37. The van der Waals surface area contributed by atoms with E-state index in [9.17, 15) is 15.3 Å². The number of unbranched alkanes of at least 4 members (excludes halogenated alkanes) is 10. The van der Waals surface area contributed by atoms with E-state index in [0.29, 0.717) is 0 Å². The Hall–Kier alpha value is -2.62. The molecular weight excluding hydrogens is 412 g/mol. The molecular formula is C29H42O4. The molecule has 0 aliphatic rings. The van der Waals surface area contributed by atoms with Crippen LogP contribution in [-0.2, 0) is 12.8 Å². The zero-order chi connectivity index (χ0) is 23.7. The van der Waals surface area contributed by atoms with Crippen LogP contribution in [0.3, 0.4) is 0 Å². The van der Waals surface area contributed by atoms with Crippen LogP contribution >= 0.6 is 0 Å². The molecule has 2 aromatic rings. The van der Waals surface area contributed by atoms with Gasteiger partial charge in [-0.3, -0.25) is 0 Å². The highest BCUT2D eigenvalue weighted by Gasteiger charge is 2.01. The van der Waals surface area contributed by atoms with E-state index < -0.39 is 0 Å². The van der Waals surface area contributed by atoms with Crippen LogP contribution in [0.15, 0.2) is 48.6 Å². The number of benzene rings is 2. The van der Waals surface area contributed by atoms with E-state index in [2.05, 4.69) is 12.2 Å². The summed E-state index contributed by atoms with van der Waals surface area (Å²) in [5, 5.41) is 28.7. The van der Waals surface area contributed by atoms with Crippen LogP contribution < -0.4 is 4.74 Å². The van der Waals surface area contributed by atoms with Crippen molar-refractivity contribution in [2.75, 3.05) is 7.11 Å². The summed E-state index contributed by atoms with van der Waals surface area (Å²) in [5.74, 6) is 1.29. The van der Waals surface area contributed by atoms with Gasteiger partial charge < -0.3 is 20.1 Å². The fourth-order valence-corrected chi connectivity index (χ4v) is 4.19. The molecule has 0 fully saturated rings. The van der Waals surface area contributed by atoms with Gasteiger partial charge in [0.2, 0.25) is 0 Å². The predicted molar refractivity (Wildman–Crippen MR) is 136 cm³/mol. The van der Waals surface area contributed by atoms with Crippen molar-refractivity contribution in [3.8, 4) is 23.0 Å². The van der Waals surface area contributed by atoms with Crippen LogP contribution in [-0.4, -0.2) is 22.4 Å². The molecule has 0 radical (unpaired) electrons. The number of aryl methyl sites for hydroxylation is 2. The number of aromatic hydroxyl groups is 3. The summed E-state index contributed by atoms with van der Waals surface area (Å²) in [6.45, 7) is 0. The SMILES string of the molecule is COc1cc(O)cc(CCCCCCC/C=C\CCCCCCCc2cc(O)cc(O)c2)c1. The van der Waals surface area contributed by atoms with Crippen LogP contribution in [0.25, 0.3) is 0 Å². The summed E-state index contributed by atoms with van der Waals surface area (Å²) < 4.78 is 5.21. The van der Waals surface area contributed by atoms with E-state index in [4.69, 9.17) is 4.74 Å². The van der Waals surface area contributed by atoms with Crippen molar-refractivity contribution in [3.63, 3.8) is 0 Å². The van der Waals surface area contributed by atoms with Crippen molar-refractivity contribution in [2.45, 2.75) is 89.9 Å². The van der Waals surface area contributed by atoms with Crippen LogP contribution in [0.5, 0.6) is 23.0 Å². The molecule has 33 heavy (non-hydrogen) atoms. The third-order valence-electron chi connectivity index (χ3n) is 5.99. The predicted octanol–water partition coefficient (Wildman–Crippen LogP) is 7.83. The molecule has 3 N–H and O–H groups in total. The zero-order valence-corrected chi connectivity index (χ0v) is 20.3. The molecule has 0 heterocycles. The molecule has 0 unspecified atom stereocenters. The summed E-state index contributed by atoms with van der Waals surface area (Å²) in [6.07, 6.45) is 21.2. The van der Waals surface area contributed by atoms with Gasteiger partial charge in [-0.05, 0) is 86.8 Å². The summed E-state index contributed by atoms with van der Waals surface area (Å²) >= 11 is 0. The van der Waals surface area contributed by atoms with E-state index in [1.54, 1.807) is 25.3 Å². The smallest absolute Gasteiger partial charge is 0.122 e. The Morgan fingerprint density at radius 1 is 0.545 bits per heavy atom. The first-order chi connectivity index (χ1) is 16.1. The molecule has 0 amide bonds. The Morgan fingerprint density at radius 2 is 0.970 bits per heavy atom. The maximum Gasteiger partial charge on any atom is 0.122 e. The number of ether oxygens (including phenoxy) is 1. The van der Waals surface area contributed by atoms with Gasteiger partial charge >= 0.3 is 0 Å². The first-order valence-corrected chi connectivity index (χ1v) is 12.6. The van der Waals surface area contributed by atoms with Gasteiger partial charge in [0.05, 0.1) is 7.11 Å². The highest BCUT2D eigenvalue weighted by Crippen LogP contribution is 2.23. The molecule has 4 nitrogen and oxygen atoms in total. The fraction of sp³-hybridized carbons (Fsp3) is 0.517. The maximum atomic E-state index is 9.70. The molecule has 182 valence electrons. The number of hydrogen-bond donors (Lipinski definition) is 3. The van der Waals surface area contributed by atoms with E-state index in [-0.39, 0.29) is 17.2 Å². The quantitative estimate of drug-likeness (QED) is 0.168. The average molecular weight is 455 g/mol. The largest absolute Gasteiger partial charge is 0.508 e. The lowest BCUT2D eigenvalue weighted by atomic mass is 10.0. The van der Waals surface area contributed by atoms with E-state index in [1.165, 1.54) is 70.3 Å². The van der Waals surface area contributed by atoms with Crippen molar-refractivity contribution in [3.05, 3.63) is 59.7 Å². The number of methoxy groups -OCH3 is 1. The molecule has 0 saturated carbocycles. The minimum atomic E-state index is 0.142. The third kappa shape index (κ3) is 12.3. The second kappa shape index (κ2) is 16.1. The Bertz CT molecular complexity index is 808.